The Kier molecular flexibility index (Phi) is 4.00. The molecule has 2 atom stereocenters. The fourth-order valence-electron chi connectivity index (χ4n) is 2.72. The molecule has 104 valence electrons. The number of benzene rings is 2. The topological polar surface area (TPSA) is 41.5 Å². The van der Waals surface area contributed by atoms with Gasteiger partial charge in [-0.25, -0.2) is 0 Å². The monoisotopic (exact) mass is 269 g/mol. The molecule has 0 unspecified atom stereocenters. The first-order valence-corrected chi connectivity index (χ1v) is 7.03. The Balaban J connectivity index is 1.88. The van der Waals surface area contributed by atoms with Crippen molar-refractivity contribution in [2.45, 2.75) is 18.6 Å². The first-order chi connectivity index (χ1) is 9.88. The van der Waals surface area contributed by atoms with Gasteiger partial charge in [0, 0.05) is 24.6 Å². The lowest BCUT2D eigenvalue weighted by Gasteiger charge is -2.33. The maximum atomic E-state index is 9.03. The summed E-state index contributed by atoms with van der Waals surface area (Å²) in [6.45, 7) is 0.746. The highest BCUT2D eigenvalue weighted by atomic mass is 16.5. The molecule has 0 aliphatic carbocycles. The summed E-state index contributed by atoms with van der Waals surface area (Å²) in [6.07, 6.45) is 0.934. The van der Waals surface area contributed by atoms with Gasteiger partial charge in [0.2, 0.25) is 0 Å². The highest BCUT2D eigenvalue weighted by Gasteiger charge is 2.28. The van der Waals surface area contributed by atoms with Crippen molar-refractivity contribution >= 4 is 0 Å². The van der Waals surface area contributed by atoms with E-state index in [0.717, 1.165) is 12.2 Å². The zero-order valence-corrected chi connectivity index (χ0v) is 11.3. The Bertz CT molecular complexity index is 556. The molecule has 1 aliphatic heterocycles. The fraction of sp³-hybridized carbons (Fsp3) is 0.294. The lowest BCUT2D eigenvalue weighted by Crippen LogP contribution is -2.30. The summed E-state index contributed by atoms with van der Waals surface area (Å²) in [7, 11) is 0. The van der Waals surface area contributed by atoms with E-state index < -0.39 is 0 Å². The second kappa shape index (κ2) is 6.07. The van der Waals surface area contributed by atoms with Gasteiger partial charge in [0.15, 0.2) is 0 Å². The molecule has 2 N–H and O–H groups in total. The number of fused-ring (bicyclic) bond motifs is 1. The Hall–Kier alpha value is -1.84. The van der Waals surface area contributed by atoms with Crippen LogP contribution in [0.15, 0.2) is 54.6 Å². The van der Waals surface area contributed by atoms with Crippen molar-refractivity contribution in [3.05, 3.63) is 65.7 Å². The third-order valence-corrected chi connectivity index (χ3v) is 3.69. The summed E-state index contributed by atoms with van der Waals surface area (Å²) < 4.78 is 6.13. The molecule has 0 saturated heterocycles. The van der Waals surface area contributed by atoms with Crippen LogP contribution in [0.5, 0.6) is 5.75 Å². The van der Waals surface area contributed by atoms with Crippen LogP contribution >= 0.6 is 0 Å². The summed E-state index contributed by atoms with van der Waals surface area (Å²) >= 11 is 0. The lowest BCUT2D eigenvalue weighted by atomic mass is 9.93. The zero-order chi connectivity index (χ0) is 13.8. The fourth-order valence-corrected chi connectivity index (χ4v) is 2.72. The molecule has 20 heavy (non-hydrogen) atoms. The molecule has 1 aliphatic rings. The molecular formula is C17H19NO2. The molecule has 0 aromatic heterocycles. The minimum atomic E-state index is 0.0577. The van der Waals surface area contributed by atoms with Crippen LogP contribution in [0.25, 0.3) is 0 Å². The molecule has 0 spiro atoms. The predicted molar refractivity (Wildman–Crippen MR) is 78.7 cm³/mol. The molecule has 1 heterocycles. The third kappa shape index (κ3) is 2.69. The van der Waals surface area contributed by atoms with Gasteiger partial charge in [-0.15, -0.1) is 0 Å². The van der Waals surface area contributed by atoms with Gasteiger partial charge in [0.25, 0.3) is 0 Å². The molecule has 3 heteroatoms. The Morgan fingerprint density at radius 3 is 2.60 bits per heavy atom. The van der Waals surface area contributed by atoms with Gasteiger partial charge < -0.3 is 15.2 Å². The van der Waals surface area contributed by atoms with Crippen molar-refractivity contribution in [3.8, 4) is 5.75 Å². The summed E-state index contributed by atoms with van der Waals surface area (Å²) in [5.74, 6) is 0.933. The van der Waals surface area contributed by atoms with Crippen LogP contribution < -0.4 is 10.1 Å². The smallest absolute Gasteiger partial charge is 0.126 e. The van der Waals surface area contributed by atoms with Gasteiger partial charge in [-0.1, -0.05) is 48.5 Å². The summed E-state index contributed by atoms with van der Waals surface area (Å²) in [4.78, 5) is 0. The van der Waals surface area contributed by atoms with E-state index in [1.54, 1.807) is 0 Å². The maximum absolute atomic E-state index is 9.03. The summed E-state index contributed by atoms with van der Waals surface area (Å²) in [5.41, 5.74) is 2.37. The molecule has 0 radical (unpaired) electrons. The van der Waals surface area contributed by atoms with Crippen LogP contribution in [0, 0.1) is 0 Å². The molecule has 3 nitrogen and oxygen atoms in total. The number of para-hydroxylation sites is 1. The standard InChI is InChI=1S/C17H19NO2/c19-11-10-18-15-12-17(13-6-2-1-3-7-13)20-16-9-5-4-8-14(15)16/h1-9,15,17-19H,10-12H2/t15-,17-/m1/s1. The third-order valence-electron chi connectivity index (χ3n) is 3.69. The van der Waals surface area contributed by atoms with E-state index in [0.29, 0.717) is 6.54 Å². The van der Waals surface area contributed by atoms with Crippen LogP contribution in [0.1, 0.15) is 29.7 Å². The average Bonchev–Trinajstić information content (AvgIpc) is 2.53. The van der Waals surface area contributed by atoms with E-state index in [1.165, 1.54) is 11.1 Å². The number of nitrogens with one attached hydrogen (secondary N) is 1. The molecular weight excluding hydrogens is 250 g/mol. The van der Waals surface area contributed by atoms with E-state index in [4.69, 9.17) is 9.84 Å². The number of hydrogen-bond donors (Lipinski definition) is 2. The van der Waals surface area contributed by atoms with Crippen LogP contribution in [-0.4, -0.2) is 18.3 Å². The second-order valence-electron chi connectivity index (χ2n) is 5.02. The van der Waals surface area contributed by atoms with Gasteiger partial charge in [0.05, 0.1) is 6.61 Å². The highest BCUT2D eigenvalue weighted by molar-refractivity contribution is 5.39. The van der Waals surface area contributed by atoms with E-state index in [1.807, 2.05) is 36.4 Å². The van der Waals surface area contributed by atoms with Crippen molar-refractivity contribution in [3.63, 3.8) is 0 Å². The Labute approximate surface area is 119 Å². The first-order valence-electron chi connectivity index (χ1n) is 7.03. The van der Waals surface area contributed by atoms with Gasteiger partial charge >= 0.3 is 0 Å². The van der Waals surface area contributed by atoms with Crippen LogP contribution in [0.4, 0.5) is 0 Å². The Morgan fingerprint density at radius 1 is 1.05 bits per heavy atom. The van der Waals surface area contributed by atoms with Crippen molar-refractivity contribution in [2.24, 2.45) is 0 Å². The largest absolute Gasteiger partial charge is 0.485 e. The minimum absolute atomic E-state index is 0.0577. The highest BCUT2D eigenvalue weighted by Crippen LogP contribution is 2.40. The van der Waals surface area contributed by atoms with Crippen molar-refractivity contribution in [2.75, 3.05) is 13.2 Å². The van der Waals surface area contributed by atoms with E-state index in [9.17, 15) is 0 Å². The molecule has 0 saturated carbocycles. The number of ether oxygens (including phenoxy) is 1. The summed E-state index contributed by atoms with van der Waals surface area (Å²) in [5, 5.41) is 12.4. The van der Waals surface area contributed by atoms with Crippen molar-refractivity contribution < 1.29 is 9.84 Å². The van der Waals surface area contributed by atoms with Crippen LogP contribution in [-0.2, 0) is 0 Å². The van der Waals surface area contributed by atoms with Crippen molar-refractivity contribution in [1.82, 2.24) is 5.32 Å². The molecule has 0 bridgehead atoms. The number of rotatable bonds is 4. The van der Waals surface area contributed by atoms with Gasteiger partial charge in [-0.05, 0) is 11.6 Å². The zero-order valence-electron chi connectivity index (χ0n) is 11.3. The molecule has 0 fully saturated rings. The van der Waals surface area contributed by atoms with Crippen LogP contribution in [0.3, 0.4) is 0 Å². The van der Waals surface area contributed by atoms with Gasteiger partial charge in [-0.2, -0.15) is 0 Å². The molecule has 2 aromatic carbocycles. The van der Waals surface area contributed by atoms with E-state index in [-0.39, 0.29) is 18.8 Å². The van der Waals surface area contributed by atoms with Crippen LogP contribution in [0.2, 0.25) is 0 Å². The normalized spacial score (nSPS) is 21.1. The molecule has 3 rings (SSSR count). The minimum Gasteiger partial charge on any atom is -0.485 e. The number of aliphatic hydroxyl groups is 1. The van der Waals surface area contributed by atoms with E-state index >= 15 is 0 Å². The van der Waals surface area contributed by atoms with Gasteiger partial charge in [-0.3, -0.25) is 0 Å². The first kappa shape index (κ1) is 13.2. The molecule has 0 amide bonds. The maximum Gasteiger partial charge on any atom is 0.126 e. The van der Waals surface area contributed by atoms with Gasteiger partial charge in [0.1, 0.15) is 11.9 Å². The Morgan fingerprint density at radius 2 is 1.80 bits per heavy atom. The van der Waals surface area contributed by atoms with Crippen molar-refractivity contribution in [1.29, 1.82) is 0 Å². The SMILES string of the molecule is OCCN[C@@H]1C[C@H](c2ccccc2)Oc2ccccc21. The molecule has 2 aromatic rings. The second-order valence-corrected chi connectivity index (χ2v) is 5.02. The predicted octanol–water partition coefficient (Wildman–Crippen LogP) is 2.83. The quantitative estimate of drug-likeness (QED) is 0.896. The summed E-state index contributed by atoms with van der Waals surface area (Å²) in [6, 6.07) is 18.6. The number of aliphatic hydroxyl groups excluding tert-OH is 1. The average molecular weight is 269 g/mol. The lowest BCUT2D eigenvalue weighted by molar-refractivity contribution is 0.148. The van der Waals surface area contributed by atoms with E-state index in [2.05, 4.69) is 23.5 Å². The number of hydrogen-bond acceptors (Lipinski definition) is 3.